The summed E-state index contributed by atoms with van der Waals surface area (Å²) in [6.45, 7) is 7.81. The molecule has 0 aliphatic heterocycles. The van der Waals surface area contributed by atoms with Crippen LogP contribution in [0.2, 0.25) is 0 Å². The number of rotatable bonds is 6. The summed E-state index contributed by atoms with van der Waals surface area (Å²) in [7, 11) is 0. The molecule has 17 heavy (non-hydrogen) atoms. The first kappa shape index (κ1) is 19.8. The molecule has 4 nitrogen and oxygen atoms in total. The van der Waals surface area contributed by atoms with E-state index in [0.717, 1.165) is 0 Å². The first-order valence-electron chi connectivity index (χ1n) is 5.37. The minimum Gasteiger partial charge on any atom is -0.394 e. The summed E-state index contributed by atoms with van der Waals surface area (Å²) in [4.78, 5) is 0. The van der Waals surface area contributed by atoms with Gasteiger partial charge in [-0.15, -0.1) is 0 Å². The molecule has 0 aromatic carbocycles. The van der Waals surface area contributed by atoms with Crippen LogP contribution >= 0.6 is 0 Å². The predicted molar refractivity (Wildman–Crippen MR) is 62.0 cm³/mol. The van der Waals surface area contributed by atoms with E-state index in [1.165, 1.54) is 0 Å². The van der Waals surface area contributed by atoms with Gasteiger partial charge < -0.3 is 19.7 Å². The Kier molecular flexibility index (Phi) is 11.0. The van der Waals surface area contributed by atoms with Crippen LogP contribution in [0.4, 0.5) is 0 Å². The molecule has 0 amide bonds. The number of aliphatic hydroxyl groups is 2. The van der Waals surface area contributed by atoms with Gasteiger partial charge in [0.05, 0.1) is 26.4 Å². The standard InChI is InChI=1S/C12H22O4.Y/c1-11(2,15-9-7-13)5-6-12(3,4)16-10-8-14;/h13-14H,7-10H2,1-4H3;. The SMILES string of the molecule is CC(C)(C#CC(C)(C)OCCO)OCCO.[Y]. The van der Waals surface area contributed by atoms with E-state index >= 15 is 0 Å². The van der Waals surface area contributed by atoms with Gasteiger partial charge in [-0.3, -0.25) is 0 Å². The number of ether oxygens (including phenoxy) is 2. The van der Waals surface area contributed by atoms with Crippen molar-refractivity contribution in [3.8, 4) is 11.8 Å². The molecule has 0 aromatic heterocycles. The number of aliphatic hydroxyl groups excluding tert-OH is 2. The molecule has 0 unspecified atom stereocenters. The van der Waals surface area contributed by atoms with E-state index in [9.17, 15) is 0 Å². The summed E-state index contributed by atoms with van der Waals surface area (Å²) >= 11 is 0. The van der Waals surface area contributed by atoms with Gasteiger partial charge in [0, 0.05) is 32.7 Å². The Labute approximate surface area is 129 Å². The van der Waals surface area contributed by atoms with Gasteiger partial charge >= 0.3 is 0 Å². The summed E-state index contributed by atoms with van der Waals surface area (Å²) in [5.74, 6) is 5.91. The van der Waals surface area contributed by atoms with Crippen molar-refractivity contribution in [2.75, 3.05) is 26.4 Å². The van der Waals surface area contributed by atoms with Gasteiger partial charge in [0.1, 0.15) is 11.2 Å². The van der Waals surface area contributed by atoms with E-state index in [4.69, 9.17) is 19.7 Å². The minimum absolute atomic E-state index is 0. The normalized spacial score (nSPS) is 11.4. The average Bonchev–Trinajstić information content (AvgIpc) is 2.22. The van der Waals surface area contributed by atoms with Crippen LogP contribution in [0.3, 0.4) is 0 Å². The second-order valence-corrected chi connectivity index (χ2v) is 4.41. The van der Waals surface area contributed by atoms with Crippen molar-refractivity contribution in [1.82, 2.24) is 0 Å². The molecule has 0 aliphatic carbocycles. The van der Waals surface area contributed by atoms with E-state index in [1.807, 2.05) is 27.7 Å². The Bertz CT molecular complexity index is 229. The van der Waals surface area contributed by atoms with Crippen molar-refractivity contribution in [3.63, 3.8) is 0 Å². The fourth-order valence-electron chi connectivity index (χ4n) is 0.975. The van der Waals surface area contributed by atoms with Crippen LogP contribution in [0.1, 0.15) is 27.7 Å². The maximum absolute atomic E-state index is 8.65. The third-order valence-corrected chi connectivity index (χ3v) is 1.77. The molecule has 2 N–H and O–H groups in total. The summed E-state index contributed by atoms with van der Waals surface area (Å²) in [6.07, 6.45) is 0. The van der Waals surface area contributed by atoms with Crippen molar-refractivity contribution in [2.24, 2.45) is 0 Å². The smallest absolute Gasteiger partial charge is 0.123 e. The molecule has 97 valence electrons. The zero-order chi connectivity index (χ0) is 12.7. The molecule has 0 saturated heterocycles. The van der Waals surface area contributed by atoms with E-state index in [0.29, 0.717) is 0 Å². The molecule has 0 spiro atoms. The zero-order valence-electron chi connectivity index (χ0n) is 11.1. The van der Waals surface area contributed by atoms with E-state index in [1.54, 1.807) is 0 Å². The Balaban J connectivity index is 0. The van der Waals surface area contributed by atoms with Gasteiger partial charge in [0.15, 0.2) is 0 Å². The Morgan fingerprint density at radius 3 is 1.35 bits per heavy atom. The van der Waals surface area contributed by atoms with Gasteiger partial charge in [-0.05, 0) is 27.7 Å². The Morgan fingerprint density at radius 1 is 0.824 bits per heavy atom. The zero-order valence-corrected chi connectivity index (χ0v) is 14.0. The summed E-state index contributed by atoms with van der Waals surface area (Å²) in [5, 5.41) is 17.3. The maximum Gasteiger partial charge on any atom is 0.123 e. The summed E-state index contributed by atoms with van der Waals surface area (Å²) < 4.78 is 10.7. The van der Waals surface area contributed by atoms with Crippen LogP contribution in [0, 0.1) is 11.8 Å². The molecule has 0 aliphatic rings. The molecule has 1 radical (unpaired) electrons. The van der Waals surface area contributed by atoms with Gasteiger partial charge in [-0.25, -0.2) is 0 Å². The molecular formula is C12H22O4Y. The Morgan fingerprint density at radius 2 is 1.12 bits per heavy atom. The first-order chi connectivity index (χ1) is 7.33. The van der Waals surface area contributed by atoms with Crippen molar-refractivity contribution < 1.29 is 52.4 Å². The topological polar surface area (TPSA) is 58.9 Å². The van der Waals surface area contributed by atoms with Crippen LogP contribution in [-0.2, 0) is 42.2 Å². The van der Waals surface area contributed by atoms with Crippen molar-refractivity contribution >= 4 is 0 Å². The fraction of sp³-hybridized carbons (Fsp3) is 0.833. The molecule has 0 bridgehead atoms. The molecule has 0 aromatic rings. The number of hydrogen-bond acceptors (Lipinski definition) is 4. The second kappa shape index (κ2) is 9.44. The predicted octanol–water partition coefficient (Wildman–Crippen LogP) is 0.562. The third kappa shape index (κ3) is 11.3. The van der Waals surface area contributed by atoms with Crippen LogP contribution in [0.15, 0.2) is 0 Å². The van der Waals surface area contributed by atoms with Crippen molar-refractivity contribution in [1.29, 1.82) is 0 Å². The molecule has 5 heteroatoms. The molecule has 0 atom stereocenters. The van der Waals surface area contributed by atoms with E-state index in [2.05, 4.69) is 11.8 Å². The van der Waals surface area contributed by atoms with Crippen LogP contribution < -0.4 is 0 Å². The minimum atomic E-state index is -0.609. The van der Waals surface area contributed by atoms with E-state index in [-0.39, 0.29) is 59.1 Å². The summed E-state index contributed by atoms with van der Waals surface area (Å²) in [5.41, 5.74) is -1.22. The van der Waals surface area contributed by atoms with Gasteiger partial charge in [-0.1, -0.05) is 11.8 Å². The second-order valence-electron chi connectivity index (χ2n) is 4.41. The van der Waals surface area contributed by atoms with Crippen LogP contribution in [0.5, 0.6) is 0 Å². The maximum atomic E-state index is 8.65. The van der Waals surface area contributed by atoms with Crippen molar-refractivity contribution in [3.05, 3.63) is 0 Å². The third-order valence-electron chi connectivity index (χ3n) is 1.77. The molecule has 0 fully saturated rings. The van der Waals surface area contributed by atoms with Gasteiger partial charge in [-0.2, -0.15) is 0 Å². The molecule has 0 rings (SSSR count). The largest absolute Gasteiger partial charge is 0.394 e. The quantitative estimate of drug-likeness (QED) is 0.703. The Hall–Kier alpha value is 0.504. The van der Waals surface area contributed by atoms with Crippen LogP contribution in [-0.4, -0.2) is 47.8 Å². The van der Waals surface area contributed by atoms with Crippen molar-refractivity contribution in [2.45, 2.75) is 38.9 Å². The molecule has 0 heterocycles. The van der Waals surface area contributed by atoms with Gasteiger partial charge in [0.25, 0.3) is 0 Å². The first-order valence-corrected chi connectivity index (χ1v) is 5.37. The fourth-order valence-corrected chi connectivity index (χ4v) is 0.975. The number of hydrogen-bond donors (Lipinski definition) is 2. The van der Waals surface area contributed by atoms with E-state index < -0.39 is 11.2 Å². The van der Waals surface area contributed by atoms with Gasteiger partial charge in [0.2, 0.25) is 0 Å². The van der Waals surface area contributed by atoms with Crippen LogP contribution in [0.25, 0.3) is 0 Å². The molecule has 0 saturated carbocycles. The molecular weight excluding hydrogens is 297 g/mol. The summed E-state index contributed by atoms with van der Waals surface area (Å²) in [6, 6.07) is 0. The monoisotopic (exact) mass is 319 g/mol. The average molecular weight is 319 g/mol.